The van der Waals surface area contributed by atoms with Crippen LogP contribution in [0.3, 0.4) is 0 Å². The van der Waals surface area contributed by atoms with E-state index in [1.807, 2.05) is 0 Å². The fourth-order valence-electron chi connectivity index (χ4n) is 3.01. The molecular formula is C19H13F2N3O4. The molecule has 0 spiro atoms. The molecule has 3 aromatic heterocycles. The second-order valence-electron chi connectivity index (χ2n) is 5.99. The Morgan fingerprint density at radius 2 is 2.07 bits per heavy atom. The number of H-pyrrole nitrogens is 1. The van der Waals surface area contributed by atoms with E-state index in [0.29, 0.717) is 10.9 Å². The van der Waals surface area contributed by atoms with Crippen molar-refractivity contribution in [2.24, 2.45) is 0 Å². The van der Waals surface area contributed by atoms with Gasteiger partial charge in [-0.15, -0.1) is 0 Å². The number of carbonyl (C=O) groups excluding carboxylic acids is 1. The van der Waals surface area contributed by atoms with Crippen molar-refractivity contribution < 1.29 is 22.8 Å². The number of nitrogens with one attached hydrogen (secondary N) is 1. The standard InChI is InChI=1S/C19H13F2N3O4/c1-27-15(25)9-24-6-5-11-12(7-22-17(11)19(24)26)18-13(8-23-28-18)10-3-2-4-14(20)16(10)21/h2-8,22H,9H2,1H3. The number of pyridine rings is 1. The number of carbonyl (C=O) groups is 1. The third-order valence-electron chi connectivity index (χ3n) is 4.40. The van der Waals surface area contributed by atoms with Gasteiger partial charge in [-0.25, -0.2) is 8.78 Å². The molecule has 0 saturated heterocycles. The molecule has 0 radical (unpaired) electrons. The first-order valence-electron chi connectivity index (χ1n) is 8.18. The highest BCUT2D eigenvalue weighted by atomic mass is 19.2. The van der Waals surface area contributed by atoms with Crippen LogP contribution >= 0.6 is 0 Å². The molecule has 0 aliphatic carbocycles. The van der Waals surface area contributed by atoms with Crippen molar-refractivity contribution in [3.05, 3.63) is 64.8 Å². The number of hydrogen-bond donors (Lipinski definition) is 1. The summed E-state index contributed by atoms with van der Waals surface area (Å²) in [5, 5.41) is 4.19. The number of nitrogens with zero attached hydrogens (tertiary/aromatic N) is 2. The van der Waals surface area contributed by atoms with Crippen LogP contribution in [0.1, 0.15) is 0 Å². The van der Waals surface area contributed by atoms with E-state index in [0.717, 1.165) is 6.07 Å². The highest BCUT2D eigenvalue weighted by Gasteiger charge is 2.21. The van der Waals surface area contributed by atoms with Crippen molar-refractivity contribution in [1.82, 2.24) is 14.7 Å². The number of hydrogen-bond acceptors (Lipinski definition) is 5. The van der Waals surface area contributed by atoms with Gasteiger partial charge in [-0.1, -0.05) is 17.3 Å². The van der Waals surface area contributed by atoms with E-state index in [1.165, 1.54) is 42.4 Å². The number of halogens is 2. The maximum atomic E-state index is 14.2. The summed E-state index contributed by atoms with van der Waals surface area (Å²) in [6.07, 6.45) is 4.23. The third-order valence-corrected chi connectivity index (χ3v) is 4.40. The molecule has 1 N–H and O–H groups in total. The Balaban J connectivity index is 1.85. The molecule has 28 heavy (non-hydrogen) atoms. The number of aromatic nitrogens is 3. The number of esters is 1. The lowest BCUT2D eigenvalue weighted by molar-refractivity contribution is -0.141. The average molecular weight is 385 g/mol. The van der Waals surface area contributed by atoms with Crippen LogP contribution in [0.2, 0.25) is 0 Å². The third kappa shape index (κ3) is 2.77. The van der Waals surface area contributed by atoms with E-state index in [2.05, 4.69) is 14.9 Å². The summed E-state index contributed by atoms with van der Waals surface area (Å²) in [7, 11) is 1.23. The molecule has 0 atom stereocenters. The van der Waals surface area contributed by atoms with Gasteiger partial charge in [0.2, 0.25) is 0 Å². The van der Waals surface area contributed by atoms with Crippen LogP contribution in [0.15, 0.2) is 52.2 Å². The Bertz CT molecular complexity index is 1260. The summed E-state index contributed by atoms with van der Waals surface area (Å²) in [4.78, 5) is 26.9. The zero-order valence-electron chi connectivity index (χ0n) is 14.5. The van der Waals surface area contributed by atoms with E-state index in [4.69, 9.17) is 4.52 Å². The van der Waals surface area contributed by atoms with E-state index >= 15 is 0 Å². The zero-order chi connectivity index (χ0) is 19.8. The molecule has 4 aromatic rings. The van der Waals surface area contributed by atoms with E-state index in [-0.39, 0.29) is 28.9 Å². The molecule has 1 aromatic carbocycles. The predicted molar refractivity (Wildman–Crippen MR) is 95.4 cm³/mol. The van der Waals surface area contributed by atoms with Crippen LogP contribution in [-0.4, -0.2) is 27.8 Å². The molecule has 9 heteroatoms. The molecule has 7 nitrogen and oxygen atoms in total. The molecule has 0 amide bonds. The minimum Gasteiger partial charge on any atom is -0.468 e. The quantitative estimate of drug-likeness (QED) is 0.545. The largest absolute Gasteiger partial charge is 0.468 e. The molecular weight excluding hydrogens is 372 g/mol. The van der Waals surface area contributed by atoms with E-state index in [9.17, 15) is 18.4 Å². The normalized spacial score (nSPS) is 11.1. The Kier molecular flexibility index (Phi) is 4.26. The van der Waals surface area contributed by atoms with Crippen molar-refractivity contribution >= 4 is 16.9 Å². The first kappa shape index (κ1) is 17.7. The molecule has 0 unspecified atom stereocenters. The van der Waals surface area contributed by atoms with Gasteiger partial charge in [0.25, 0.3) is 5.56 Å². The van der Waals surface area contributed by atoms with E-state index in [1.54, 1.807) is 6.07 Å². The minimum absolute atomic E-state index is 0.00960. The summed E-state index contributed by atoms with van der Waals surface area (Å²) < 4.78 is 38.9. The van der Waals surface area contributed by atoms with Gasteiger partial charge in [0, 0.05) is 28.9 Å². The van der Waals surface area contributed by atoms with Crippen molar-refractivity contribution in [2.75, 3.05) is 7.11 Å². The lowest BCUT2D eigenvalue weighted by atomic mass is 10.0. The second-order valence-corrected chi connectivity index (χ2v) is 5.99. The Labute approximate surface area is 156 Å². The van der Waals surface area contributed by atoms with Gasteiger partial charge in [-0.05, 0) is 12.1 Å². The summed E-state index contributed by atoms with van der Waals surface area (Å²) >= 11 is 0. The van der Waals surface area contributed by atoms with Crippen molar-refractivity contribution in [3.63, 3.8) is 0 Å². The van der Waals surface area contributed by atoms with E-state index < -0.39 is 23.2 Å². The van der Waals surface area contributed by atoms with Crippen molar-refractivity contribution in [1.29, 1.82) is 0 Å². The smallest absolute Gasteiger partial charge is 0.325 e. The number of benzene rings is 1. The second kappa shape index (κ2) is 6.76. The van der Waals surface area contributed by atoms with Crippen LogP contribution in [0.5, 0.6) is 0 Å². The monoisotopic (exact) mass is 385 g/mol. The number of aromatic amines is 1. The summed E-state index contributed by atoms with van der Waals surface area (Å²) in [5.41, 5.74) is 0.477. The molecule has 0 bridgehead atoms. The number of ether oxygens (including phenoxy) is 1. The average Bonchev–Trinajstić information content (AvgIpc) is 3.33. The summed E-state index contributed by atoms with van der Waals surface area (Å²) in [6.45, 7) is -0.234. The van der Waals surface area contributed by atoms with Gasteiger partial charge in [0.15, 0.2) is 17.4 Å². The summed E-state index contributed by atoms with van der Waals surface area (Å²) in [6, 6.07) is 5.42. The fourth-order valence-corrected chi connectivity index (χ4v) is 3.01. The van der Waals surface area contributed by atoms with Crippen LogP contribution in [-0.2, 0) is 16.1 Å². The van der Waals surface area contributed by atoms with Crippen LogP contribution in [0.4, 0.5) is 8.78 Å². The molecule has 0 fully saturated rings. The van der Waals surface area contributed by atoms with Crippen LogP contribution < -0.4 is 5.56 Å². The molecule has 142 valence electrons. The number of fused-ring (bicyclic) bond motifs is 1. The molecule has 4 rings (SSSR count). The van der Waals surface area contributed by atoms with Gasteiger partial charge in [-0.3, -0.25) is 9.59 Å². The fraction of sp³-hybridized carbons (Fsp3) is 0.105. The van der Waals surface area contributed by atoms with Gasteiger partial charge in [0.05, 0.1) is 18.9 Å². The lowest BCUT2D eigenvalue weighted by Crippen LogP contribution is -2.24. The molecule has 0 aliphatic rings. The maximum Gasteiger partial charge on any atom is 0.325 e. The van der Waals surface area contributed by atoms with Crippen LogP contribution in [0, 0.1) is 11.6 Å². The van der Waals surface area contributed by atoms with Gasteiger partial charge in [0.1, 0.15) is 12.1 Å². The maximum absolute atomic E-state index is 14.2. The number of rotatable bonds is 4. The molecule has 0 aliphatic heterocycles. The van der Waals surface area contributed by atoms with Gasteiger partial charge >= 0.3 is 5.97 Å². The Hall–Kier alpha value is -3.75. The number of methoxy groups -OCH3 is 1. The first-order valence-corrected chi connectivity index (χ1v) is 8.18. The molecule has 0 saturated carbocycles. The zero-order valence-corrected chi connectivity index (χ0v) is 14.5. The summed E-state index contributed by atoms with van der Waals surface area (Å²) in [5.74, 6) is -2.39. The van der Waals surface area contributed by atoms with Crippen molar-refractivity contribution in [2.45, 2.75) is 6.54 Å². The van der Waals surface area contributed by atoms with Gasteiger partial charge < -0.3 is 18.8 Å². The molecule has 3 heterocycles. The Morgan fingerprint density at radius 3 is 2.86 bits per heavy atom. The SMILES string of the molecule is COC(=O)Cn1ccc2c(-c3oncc3-c3cccc(F)c3F)c[nH]c2c1=O. The predicted octanol–water partition coefficient (Wildman–Crippen LogP) is 3.10. The van der Waals surface area contributed by atoms with Crippen LogP contribution in [0.25, 0.3) is 33.4 Å². The lowest BCUT2D eigenvalue weighted by Gasteiger charge is -2.05. The Morgan fingerprint density at radius 1 is 1.25 bits per heavy atom. The topological polar surface area (TPSA) is 90.1 Å². The first-order chi connectivity index (χ1) is 13.5. The highest BCUT2D eigenvalue weighted by Crippen LogP contribution is 2.36. The highest BCUT2D eigenvalue weighted by molar-refractivity contribution is 5.97. The van der Waals surface area contributed by atoms with Crippen molar-refractivity contribution in [3.8, 4) is 22.5 Å². The van der Waals surface area contributed by atoms with Gasteiger partial charge in [-0.2, -0.15) is 0 Å². The minimum atomic E-state index is -1.02.